The Labute approximate surface area is 145 Å². The lowest BCUT2D eigenvalue weighted by Crippen LogP contribution is -2.41. The van der Waals surface area contributed by atoms with Crippen molar-refractivity contribution < 1.29 is 18.8 Å². The molecule has 0 unspecified atom stereocenters. The SMILES string of the molecule is Nc1sc(-c2ccccc2F)n[n+]1CC(=O)c1cccc([N+](=O)[O-])c1. The molecule has 3 rings (SSSR count). The summed E-state index contributed by atoms with van der Waals surface area (Å²) in [6, 6.07) is 11.5. The number of hydrogen-bond acceptors (Lipinski definition) is 6. The van der Waals surface area contributed by atoms with Crippen LogP contribution in [0.4, 0.5) is 15.2 Å². The van der Waals surface area contributed by atoms with Gasteiger partial charge in [-0.1, -0.05) is 29.4 Å². The number of nitro groups is 1. The Hall–Kier alpha value is -3.20. The minimum atomic E-state index is -0.572. The number of nitrogens with two attached hydrogens (primary N) is 1. The summed E-state index contributed by atoms with van der Waals surface area (Å²) in [5.74, 6) is -0.820. The van der Waals surface area contributed by atoms with Gasteiger partial charge in [0, 0.05) is 17.7 Å². The summed E-state index contributed by atoms with van der Waals surface area (Å²) >= 11 is 1.06. The number of nitro benzene ring substituents is 1. The molecule has 0 aliphatic carbocycles. The van der Waals surface area contributed by atoms with E-state index < -0.39 is 10.7 Å². The van der Waals surface area contributed by atoms with Crippen molar-refractivity contribution in [3.05, 3.63) is 70.0 Å². The summed E-state index contributed by atoms with van der Waals surface area (Å²) in [5, 5.41) is 15.6. The van der Waals surface area contributed by atoms with E-state index in [1.165, 1.54) is 35.0 Å². The molecule has 1 aromatic heterocycles. The number of Topliss-reactive ketones (excluding diaryl/α,β-unsaturated/α-hetero) is 1. The molecule has 0 radical (unpaired) electrons. The van der Waals surface area contributed by atoms with Gasteiger partial charge in [0.25, 0.3) is 5.69 Å². The topological polar surface area (TPSA) is 103 Å². The van der Waals surface area contributed by atoms with E-state index in [4.69, 9.17) is 5.73 Å². The van der Waals surface area contributed by atoms with Crippen LogP contribution < -0.4 is 10.4 Å². The van der Waals surface area contributed by atoms with E-state index in [0.717, 1.165) is 11.3 Å². The van der Waals surface area contributed by atoms with E-state index in [0.29, 0.717) is 10.6 Å². The smallest absolute Gasteiger partial charge is 0.290 e. The van der Waals surface area contributed by atoms with E-state index in [1.807, 2.05) is 0 Å². The van der Waals surface area contributed by atoms with Crippen molar-refractivity contribution >= 4 is 27.9 Å². The Balaban J connectivity index is 1.86. The molecule has 0 spiro atoms. The Kier molecular flexibility index (Phi) is 4.48. The van der Waals surface area contributed by atoms with E-state index in [1.54, 1.807) is 18.2 Å². The van der Waals surface area contributed by atoms with Crippen LogP contribution in [0, 0.1) is 15.9 Å². The minimum Gasteiger partial charge on any atom is -0.290 e. The summed E-state index contributed by atoms with van der Waals surface area (Å²) in [5.41, 5.74) is 6.17. The Morgan fingerprint density at radius 3 is 2.76 bits per heavy atom. The van der Waals surface area contributed by atoms with Crippen molar-refractivity contribution in [1.29, 1.82) is 0 Å². The first-order valence-electron chi connectivity index (χ1n) is 7.14. The summed E-state index contributed by atoms with van der Waals surface area (Å²) in [6.45, 7) is -0.196. The zero-order valence-electron chi connectivity index (χ0n) is 12.8. The molecule has 0 saturated carbocycles. The number of non-ortho nitro benzene ring substituents is 1. The summed E-state index contributed by atoms with van der Waals surface area (Å²) < 4.78 is 15.1. The average Bonchev–Trinajstić information content (AvgIpc) is 2.95. The number of anilines is 1. The van der Waals surface area contributed by atoms with Crippen molar-refractivity contribution in [2.45, 2.75) is 6.54 Å². The van der Waals surface area contributed by atoms with Crippen LogP contribution in [0.2, 0.25) is 0 Å². The molecule has 0 aliphatic rings. The fourth-order valence-corrected chi connectivity index (χ4v) is 3.03. The third kappa shape index (κ3) is 3.50. The molecule has 0 saturated heterocycles. The third-order valence-electron chi connectivity index (χ3n) is 3.44. The number of nitrogen functional groups attached to an aromatic ring is 1. The number of ketones is 1. The number of carbonyl (C=O) groups is 1. The molecule has 2 aromatic carbocycles. The second-order valence-electron chi connectivity index (χ2n) is 5.11. The quantitative estimate of drug-likeness (QED) is 0.326. The van der Waals surface area contributed by atoms with Gasteiger partial charge < -0.3 is 0 Å². The van der Waals surface area contributed by atoms with Gasteiger partial charge in [-0.2, -0.15) is 0 Å². The molecule has 25 heavy (non-hydrogen) atoms. The number of nitrogens with zero attached hydrogens (tertiary/aromatic N) is 3. The molecule has 0 bridgehead atoms. The van der Waals surface area contributed by atoms with Crippen molar-refractivity contribution in [3.63, 3.8) is 0 Å². The average molecular weight is 359 g/mol. The van der Waals surface area contributed by atoms with Crippen LogP contribution >= 0.6 is 11.3 Å². The van der Waals surface area contributed by atoms with Gasteiger partial charge in [0.05, 0.1) is 10.5 Å². The largest absolute Gasteiger partial charge is 0.354 e. The normalized spacial score (nSPS) is 10.6. The van der Waals surface area contributed by atoms with Crippen LogP contribution in [0.25, 0.3) is 10.6 Å². The number of hydrogen-bond donors (Lipinski definition) is 1. The maximum Gasteiger partial charge on any atom is 0.354 e. The van der Waals surface area contributed by atoms with Crippen LogP contribution in [0.15, 0.2) is 48.5 Å². The predicted octanol–water partition coefficient (Wildman–Crippen LogP) is 2.61. The highest BCUT2D eigenvalue weighted by Gasteiger charge is 2.21. The number of aromatic nitrogens is 2. The molecule has 1 heterocycles. The number of carbonyl (C=O) groups excluding carboxylic acids is 1. The monoisotopic (exact) mass is 359 g/mol. The zero-order valence-corrected chi connectivity index (χ0v) is 13.6. The lowest BCUT2D eigenvalue weighted by molar-refractivity contribution is -0.722. The summed E-state index contributed by atoms with van der Waals surface area (Å²) in [4.78, 5) is 22.6. The van der Waals surface area contributed by atoms with Gasteiger partial charge in [-0.25, -0.2) is 4.39 Å². The molecule has 3 aromatic rings. The van der Waals surface area contributed by atoms with Crippen LogP contribution in [0.3, 0.4) is 0 Å². The number of halogens is 1. The van der Waals surface area contributed by atoms with Crippen LogP contribution in [-0.4, -0.2) is 15.8 Å². The zero-order chi connectivity index (χ0) is 18.0. The van der Waals surface area contributed by atoms with Crippen LogP contribution in [-0.2, 0) is 6.54 Å². The number of rotatable bonds is 5. The minimum absolute atomic E-state index is 0.172. The highest BCUT2D eigenvalue weighted by atomic mass is 32.1. The Bertz CT molecular complexity index is 974. The van der Waals surface area contributed by atoms with E-state index in [2.05, 4.69) is 5.10 Å². The van der Waals surface area contributed by atoms with Crippen molar-refractivity contribution in [2.75, 3.05) is 5.73 Å². The Morgan fingerprint density at radius 2 is 2.04 bits per heavy atom. The standard InChI is InChI=1S/C16H11FN4O3S/c17-13-7-2-1-6-12(13)15-19-20(16(18)25-15)9-14(22)10-4-3-5-11(8-10)21(23)24/h1-8,18H,9H2/p+1. The molecular weight excluding hydrogens is 347 g/mol. The summed E-state index contributed by atoms with van der Waals surface area (Å²) in [6.07, 6.45) is 0. The molecule has 0 atom stereocenters. The van der Waals surface area contributed by atoms with Gasteiger partial charge in [0.2, 0.25) is 5.78 Å². The first kappa shape index (κ1) is 16.7. The predicted molar refractivity (Wildman–Crippen MR) is 89.5 cm³/mol. The maximum atomic E-state index is 13.8. The molecule has 7 nitrogen and oxygen atoms in total. The molecule has 0 fully saturated rings. The third-order valence-corrected chi connectivity index (χ3v) is 4.36. The maximum absolute atomic E-state index is 13.8. The van der Waals surface area contributed by atoms with Crippen LogP contribution in [0.5, 0.6) is 0 Å². The van der Waals surface area contributed by atoms with Gasteiger partial charge in [-0.05, 0) is 23.5 Å². The van der Waals surface area contributed by atoms with Gasteiger partial charge in [0.15, 0.2) is 11.6 Å². The molecule has 0 aliphatic heterocycles. The molecule has 9 heteroatoms. The van der Waals surface area contributed by atoms with Crippen molar-refractivity contribution in [2.24, 2.45) is 0 Å². The first-order chi connectivity index (χ1) is 12.0. The first-order valence-corrected chi connectivity index (χ1v) is 7.96. The molecule has 0 amide bonds. The van der Waals surface area contributed by atoms with Gasteiger partial charge >= 0.3 is 5.13 Å². The van der Waals surface area contributed by atoms with Crippen molar-refractivity contribution in [1.82, 2.24) is 5.10 Å². The van der Waals surface area contributed by atoms with Gasteiger partial charge in [0.1, 0.15) is 5.82 Å². The van der Waals surface area contributed by atoms with E-state index >= 15 is 0 Å². The Morgan fingerprint density at radius 1 is 1.28 bits per heavy atom. The highest BCUT2D eigenvalue weighted by molar-refractivity contribution is 7.17. The van der Waals surface area contributed by atoms with Crippen molar-refractivity contribution in [3.8, 4) is 10.6 Å². The lowest BCUT2D eigenvalue weighted by Gasteiger charge is -1.99. The number of benzene rings is 2. The lowest BCUT2D eigenvalue weighted by atomic mass is 10.1. The second-order valence-corrected chi connectivity index (χ2v) is 6.12. The summed E-state index contributed by atoms with van der Waals surface area (Å²) in [7, 11) is 0. The molecule has 126 valence electrons. The van der Waals surface area contributed by atoms with Gasteiger partial charge in [-0.15, -0.1) is 4.68 Å². The van der Waals surface area contributed by atoms with E-state index in [9.17, 15) is 19.3 Å². The molecule has 2 N–H and O–H groups in total. The second kappa shape index (κ2) is 6.73. The van der Waals surface area contributed by atoms with Gasteiger partial charge in [-0.3, -0.25) is 20.6 Å². The highest BCUT2D eigenvalue weighted by Crippen LogP contribution is 2.26. The van der Waals surface area contributed by atoms with E-state index in [-0.39, 0.29) is 28.7 Å². The van der Waals surface area contributed by atoms with Crippen LogP contribution in [0.1, 0.15) is 10.4 Å². The fraction of sp³-hybridized carbons (Fsp3) is 0.0625. The molecular formula is C16H12FN4O3S+. The fourth-order valence-electron chi connectivity index (χ4n) is 2.21.